The summed E-state index contributed by atoms with van der Waals surface area (Å²) in [6.07, 6.45) is -1.58. The number of benzene rings is 1. The number of phenols is 2. The van der Waals surface area contributed by atoms with Gasteiger partial charge in [-0.1, -0.05) is 0 Å². The van der Waals surface area contributed by atoms with Crippen molar-refractivity contribution in [2.24, 2.45) is 0 Å². The average molecular weight is 280 g/mol. The van der Waals surface area contributed by atoms with Gasteiger partial charge in [-0.2, -0.15) is 0 Å². The predicted molar refractivity (Wildman–Crippen MR) is 67.6 cm³/mol. The summed E-state index contributed by atoms with van der Waals surface area (Å²) < 4.78 is 5.39. The molecular weight excluding hydrogens is 264 g/mol. The molecule has 1 saturated carbocycles. The topological polar surface area (TPSA) is 107 Å². The first-order valence-electron chi connectivity index (χ1n) is 6.47. The van der Waals surface area contributed by atoms with Crippen LogP contribution in [0.1, 0.15) is 41.6 Å². The maximum atomic E-state index is 12.1. The van der Waals surface area contributed by atoms with E-state index in [9.17, 15) is 25.2 Å². The van der Waals surface area contributed by atoms with Gasteiger partial charge in [-0.15, -0.1) is 0 Å². The number of hydrogen-bond acceptors (Lipinski definition) is 6. The van der Waals surface area contributed by atoms with Crippen molar-refractivity contribution < 1.29 is 30.0 Å². The Morgan fingerprint density at radius 3 is 2.65 bits per heavy atom. The highest BCUT2D eigenvalue weighted by Gasteiger charge is 2.52. The van der Waals surface area contributed by atoms with E-state index in [1.54, 1.807) is 6.92 Å². The molecule has 1 aliphatic carbocycles. The number of phenolic OH excluding ortho intramolecular Hbond substituents is 2. The minimum absolute atomic E-state index is 0.0221. The Kier molecular flexibility index (Phi) is 2.71. The number of aliphatic hydroxyl groups excluding tert-OH is 2. The summed E-state index contributed by atoms with van der Waals surface area (Å²) in [6.45, 7) is 1.69. The lowest BCUT2D eigenvalue weighted by Crippen LogP contribution is -2.52. The number of aliphatic hydroxyl groups is 2. The number of hydrogen-bond donors (Lipinski definition) is 4. The Balaban J connectivity index is 2.16. The van der Waals surface area contributed by atoms with Crippen LogP contribution < -0.4 is 0 Å². The molecule has 4 atom stereocenters. The van der Waals surface area contributed by atoms with E-state index in [4.69, 9.17) is 4.74 Å². The van der Waals surface area contributed by atoms with Crippen molar-refractivity contribution in [2.75, 3.05) is 0 Å². The van der Waals surface area contributed by atoms with Crippen LogP contribution in [0.15, 0.2) is 12.1 Å². The molecule has 6 nitrogen and oxygen atoms in total. The first-order valence-corrected chi connectivity index (χ1v) is 6.47. The SMILES string of the molecule is C[C@]12C[C@H](O)[C@H](O)C[C@@H]1c1cc(O)cc(O)c1C(=O)O2. The Morgan fingerprint density at radius 2 is 1.95 bits per heavy atom. The zero-order chi connectivity index (χ0) is 14.7. The van der Waals surface area contributed by atoms with Crippen molar-refractivity contribution in [1.82, 2.24) is 0 Å². The molecule has 0 saturated heterocycles. The first kappa shape index (κ1) is 13.2. The highest BCUT2D eigenvalue weighted by Crippen LogP contribution is 2.50. The molecule has 1 aromatic rings. The summed E-state index contributed by atoms with van der Waals surface area (Å²) in [6, 6.07) is 2.49. The van der Waals surface area contributed by atoms with Gasteiger partial charge in [0.05, 0.1) is 12.2 Å². The van der Waals surface area contributed by atoms with Gasteiger partial charge in [0.1, 0.15) is 22.7 Å². The fourth-order valence-corrected chi connectivity index (χ4v) is 3.30. The second-order valence-electron chi connectivity index (χ2n) is 5.76. The summed E-state index contributed by atoms with van der Waals surface area (Å²) in [7, 11) is 0. The van der Waals surface area contributed by atoms with Crippen molar-refractivity contribution in [3.63, 3.8) is 0 Å². The molecule has 1 aliphatic heterocycles. The maximum Gasteiger partial charge on any atom is 0.342 e. The summed E-state index contributed by atoms with van der Waals surface area (Å²) in [5.41, 5.74) is -0.482. The van der Waals surface area contributed by atoms with Crippen LogP contribution in [-0.4, -0.2) is 44.2 Å². The van der Waals surface area contributed by atoms with E-state index in [1.165, 1.54) is 6.07 Å². The molecular formula is C14H16O6. The molecule has 1 aromatic carbocycles. The number of aromatic hydroxyl groups is 2. The molecule has 1 heterocycles. The number of rotatable bonds is 0. The third kappa shape index (κ3) is 1.76. The molecule has 6 heteroatoms. The van der Waals surface area contributed by atoms with Crippen LogP contribution in [0.3, 0.4) is 0 Å². The van der Waals surface area contributed by atoms with E-state index in [2.05, 4.69) is 0 Å². The van der Waals surface area contributed by atoms with Crippen molar-refractivity contribution in [1.29, 1.82) is 0 Å². The van der Waals surface area contributed by atoms with E-state index in [0.29, 0.717) is 5.56 Å². The fraction of sp³-hybridized carbons (Fsp3) is 0.500. The van der Waals surface area contributed by atoms with Crippen LogP contribution in [0.4, 0.5) is 0 Å². The number of carbonyl (C=O) groups excluding carboxylic acids is 1. The number of ether oxygens (including phenoxy) is 1. The highest BCUT2D eigenvalue weighted by molar-refractivity contribution is 5.96. The minimum atomic E-state index is -0.962. The van der Waals surface area contributed by atoms with E-state index < -0.39 is 23.8 Å². The minimum Gasteiger partial charge on any atom is -0.508 e. The van der Waals surface area contributed by atoms with Crippen LogP contribution >= 0.6 is 0 Å². The van der Waals surface area contributed by atoms with Crippen LogP contribution in [0.2, 0.25) is 0 Å². The van der Waals surface area contributed by atoms with Gasteiger partial charge < -0.3 is 25.2 Å². The molecule has 20 heavy (non-hydrogen) atoms. The lowest BCUT2D eigenvalue weighted by Gasteiger charge is -2.47. The van der Waals surface area contributed by atoms with E-state index >= 15 is 0 Å². The van der Waals surface area contributed by atoms with Gasteiger partial charge in [0.25, 0.3) is 0 Å². The van der Waals surface area contributed by atoms with Crippen LogP contribution in [0.5, 0.6) is 11.5 Å². The Labute approximate surface area is 115 Å². The summed E-state index contributed by atoms with van der Waals surface area (Å²) >= 11 is 0. The molecule has 108 valence electrons. The highest BCUT2D eigenvalue weighted by atomic mass is 16.6. The zero-order valence-corrected chi connectivity index (χ0v) is 10.9. The second kappa shape index (κ2) is 4.10. The lowest BCUT2D eigenvalue weighted by molar-refractivity contribution is -0.116. The van der Waals surface area contributed by atoms with Crippen molar-refractivity contribution >= 4 is 5.97 Å². The first-order chi connectivity index (χ1) is 9.32. The van der Waals surface area contributed by atoms with Crippen LogP contribution in [0, 0.1) is 0 Å². The van der Waals surface area contributed by atoms with Gasteiger partial charge in [-0.3, -0.25) is 0 Å². The molecule has 4 N–H and O–H groups in total. The quantitative estimate of drug-likeness (QED) is 0.519. The zero-order valence-electron chi connectivity index (χ0n) is 10.9. The Morgan fingerprint density at radius 1 is 1.25 bits per heavy atom. The molecule has 3 rings (SSSR count). The number of fused-ring (bicyclic) bond motifs is 3. The Hall–Kier alpha value is -1.79. The van der Waals surface area contributed by atoms with Crippen molar-refractivity contribution in [3.05, 3.63) is 23.3 Å². The lowest BCUT2D eigenvalue weighted by atomic mass is 9.68. The second-order valence-corrected chi connectivity index (χ2v) is 5.76. The maximum absolute atomic E-state index is 12.1. The standard InChI is InChI=1S/C14H16O6/c1-14-5-11(18)9(16)4-8(14)7-2-6(15)3-10(17)12(7)13(19)20-14/h2-3,8-9,11,15-18H,4-5H2,1H3/t8-,9-,11+,14+/m1/s1. The molecule has 0 spiro atoms. The molecule has 0 amide bonds. The molecule has 1 fully saturated rings. The van der Waals surface area contributed by atoms with Gasteiger partial charge >= 0.3 is 5.97 Å². The molecule has 0 bridgehead atoms. The van der Waals surface area contributed by atoms with Gasteiger partial charge in [-0.05, 0) is 25.0 Å². The predicted octanol–water partition coefficient (Wildman–Crippen LogP) is 0.626. The van der Waals surface area contributed by atoms with Gasteiger partial charge in [-0.25, -0.2) is 4.79 Å². The third-order valence-corrected chi connectivity index (χ3v) is 4.31. The molecule has 0 unspecified atom stereocenters. The summed E-state index contributed by atoms with van der Waals surface area (Å²) in [5, 5.41) is 39.1. The molecule has 2 aliphatic rings. The van der Waals surface area contributed by atoms with Gasteiger partial charge in [0.2, 0.25) is 0 Å². The van der Waals surface area contributed by atoms with E-state index in [0.717, 1.165) is 6.07 Å². The molecule has 0 radical (unpaired) electrons. The summed E-state index contributed by atoms with van der Waals surface area (Å²) in [5.74, 6) is -1.56. The monoisotopic (exact) mass is 280 g/mol. The van der Waals surface area contributed by atoms with Crippen molar-refractivity contribution in [2.45, 2.75) is 43.5 Å². The van der Waals surface area contributed by atoms with Gasteiger partial charge in [0.15, 0.2) is 0 Å². The molecule has 0 aromatic heterocycles. The number of carbonyl (C=O) groups is 1. The smallest absolute Gasteiger partial charge is 0.342 e. The number of esters is 1. The third-order valence-electron chi connectivity index (χ3n) is 4.31. The van der Waals surface area contributed by atoms with Crippen molar-refractivity contribution in [3.8, 4) is 11.5 Å². The summed E-state index contributed by atoms with van der Waals surface area (Å²) in [4.78, 5) is 12.1. The van der Waals surface area contributed by atoms with Crippen LogP contribution in [-0.2, 0) is 4.74 Å². The fourth-order valence-electron chi connectivity index (χ4n) is 3.30. The van der Waals surface area contributed by atoms with E-state index in [-0.39, 0.29) is 35.8 Å². The largest absolute Gasteiger partial charge is 0.508 e. The normalized spacial score (nSPS) is 36.0. The van der Waals surface area contributed by atoms with Crippen LogP contribution in [0.25, 0.3) is 0 Å². The average Bonchev–Trinajstić information content (AvgIpc) is 2.31. The van der Waals surface area contributed by atoms with Gasteiger partial charge in [0, 0.05) is 18.4 Å². The van der Waals surface area contributed by atoms with E-state index in [1.807, 2.05) is 0 Å². The Bertz CT molecular complexity index is 583.